The summed E-state index contributed by atoms with van der Waals surface area (Å²) in [5.74, 6) is 0.174. The summed E-state index contributed by atoms with van der Waals surface area (Å²) >= 11 is 3.50. The monoisotopic (exact) mass is 414 g/mol. The quantitative estimate of drug-likeness (QED) is 0.595. The fraction of sp³-hybridized carbons (Fsp3) is 0.316. The second-order valence-electron chi connectivity index (χ2n) is 6.47. The van der Waals surface area contributed by atoms with E-state index in [1.165, 1.54) is 0 Å². The highest BCUT2D eigenvalue weighted by molar-refractivity contribution is 9.10. The van der Waals surface area contributed by atoms with Crippen LogP contribution in [0.2, 0.25) is 0 Å². The number of hydrogen-bond acceptors (Lipinski definition) is 4. The van der Waals surface area contributed by atoms with E-state index in [1.807, 2.05) is 60.0 Å². The van der Waals surface area contributed by atoms with E-state index in [1.54, 1.807) is 6.20 Å². The second kappa shape index (κ2) is 6.72. The number of aryl methyl sites for hydroxylation is 1. The van der Waals surface area contributed by atoms with Crippen LogP contribution in [0.15, 0.2) is 47.5 Å². The van der Waals surface area contributed by atoms with E-state index >= 15 is 0 Å². The smallest absolute Gasteiger partial charge is 0.341 e. The van der Waals surface area contributed by atoms with Gasteiger partial charge in [-0.2, -0.15) is 5.10 Å². The van der Waals surface area contributed by atoms with E-state index in [-0.39, 0.29) is 11.9 Å². The van der Waals surface area contributed by atoms with Crippen molar-refractivity contribution in [2.45, 2.75) is 25.2 Å². The molecule has 134 valence electrons. The molecule has 0 N–H and O–H groups in total. The number of carbonyl (C=O) groups is 1. The van der Waals surface area contributed by atoms with Crippen molar-refractivity contribution in [3.63, 3.8) is 0 Å². The molecule has 2 unspecified atom stereocenters. The van der Waals surface area contributed by atoms with Gasteiger partial charge in [-0.05, 0) is 31.5 Å². The van der Waals surface area contributed by atoms with Crippen molar-refractivity contribution in [1.29, 1.82) is 0 Å². The lowest BCUT2D eigenvalue weighted by atomic mass is 10.1. The maximum Gasteiger partial charge on any atom is 0.341 e. The van der Waals surface area contributed by atoms with Crippen LogP contribution in [0.5, 0.6) is 0 Å². The van der Waals surface area contributed by atoms with Crippen LogP contribution in [0.4, 0.5) is 0 Å². The Morgan fingerprint density at radius 2 is 2.23 bits per heavy atom. The summed E-state index contributed by atoms with van der Waals surface area (Å²) < 4.78 is 10.0. The lowest BCUT2D eigenvalue weighted by Gasteiger charge is -2.10. The number of benzene rings is 1. The van der Waals surface area contributed by atoms with Gasteiger partial charge in [-0.15, -0.1) is 0 Å². The molecule has 0 spiro atoms. The van der Waals surface area contributed by atoms with Gasteiger partial charge >= 0.3 is 5.97 Å². The first-order chi connectivity index (χ1) is 12.6. The molecule has 26 heavy (non-hydrogen) atoms. The SMILES string of the molecule is CCOC(=O)c1cnn(-c2cccc(Br)c2)c1C1CC1c1cn(C)cn1. The summed E-state index contributed by atoms with van der Waals surface area (Å²) in [6.45, 7) is 2.15. The van der Waals surface area contributed by atoms with Crippen molar-refractivity contribution in [1.82, 2.24) is 19.3 Å². The second-order valence-corrected chi connectivity index (χ2v) is 7.38. The molecule has 4 rings (SSSR count). The highest BCUT2D eigenvalue weighted by atomic mass is 79.9. The van der Waals surface area contributed by atoms with E-state index < -0.39 is 0 Å². The molecule has 0 saturated heterocycles. The fourth-order valence-electron chi connectivity index (χ4n) is 3.34. The summed E-state index contributed by atoms with van der Waals surface area (Å²) in [6, 6.07) is 7.89. The van der Waals surface area contributed by atoms with Crippen LogP contribution in [0, 0.1) is 0 Å². The minimum Gasteiger partial charge on any atom is -0.462 e. The van der Waals surface area contributed by atoms with Gasteiger partial charge in [0.1, 0.15) is 5.56 Å². The normalized spacial score (nSPS) is 18.7. The highest BCUT2D eigenvalue weighted by Gasteiger charge is 2.45. The molecular weight excluding hydrogens is 396 g/mol. The van der Waals surface area contributed by atoms with E-state index in [2.05, 4.69) is 26.0 Å². The Morgan fingerprint density at radius 3 is 2.92 bits per heavy atom. The molecular formula is C19H19BrN4O2. The third-order valence-corrected chi connectivity index (χ3v) is 5.09. The van der Waals surface area contributed by atoms with Crippen LogP contribution >= 0.6 is 15.9 Å². The number of ether oxygens (including phenoxy) is 1. The molecule has 7 heteroatoms. The molecule has 2 heterocycles. The van der Waals surface area contributed by atoms with E-state index in [4.69, 9.17) is 4.74 Å². The average molecular weight is 415 g/mol. The molecule has 1 aliphatic carbocycles. The standard InChI is InChI=1S/C19H19BrN4O2/c1-3-26-19(25)16-9-22-24(13-6-4-5-12(20)7-13)18(16)15-8-14(15)17-10-23(2)11-21-17/h4-7,9-11,14-15H,3,8H2,1-2H3. The molecule has 0 bridgehead atoms. The zero-order valence-corrected chi connectivity index (χ0v) is 16.2. The van der Waals surface area contributed by atoms with E-state index in [9.17, 15) is 4.79 Å². The summed E-state index contributed by atoms with van der Waals surface area (Å²) in [6.07, 6.45) is 6.41. The summed E-state index contributed by atoms with van der Waals surface area (Å²) in [5.41, 5.74) is 3.40. The fourth-order valence-corrected chi connectivity index (χ4v) is 3.73. The maximum atomic E-state index is 12.5. The van der Waals surface area contributed by atoms with Crippen LogP contribution in [-0.4, -0.2) is 31.9 Å². The predicted molar refractivity (Wildman–Crippen MR) is 101 cm³/mol. The first-order valence-electron chi connectivity index (χ1n) is 8.57. The minimum atomic E-state index is -0.324. The van der Waals surface area contributed by atoms with Gasteiger partial charge < -0.3 is 9.30 Å². The predicted octanol–water partition coefficient (Wildman–Crippen LogP) is 3.82. The Kier molecular flexibility index (Phi) is 4.40. The van der Waals surface area contributed by atoms with Crippen molar-refractivity contribution in [3.8, 4) is 5.69 Å². The van der Waals surface area contributed by atoms with Gasteiger partial charge in [0.15, 0.2) is 0 Å². The number of aromatic nitrogens is 4. The molecule has 1 fully saturated rings. The number of halogens is 1. The van der Waals surface area contributed by atoms with Gasteiger partial charge in [-0.25, -0.2) is 14.5 Å². The zero-order chi connectivity index (χ0) is 18.3. The van der Waals surface area contributed by atoms with Gasteiger partial charge in [0.05, 0.1) is 36.2 Å². The molecule has 1 aliphatic rings. The van der Waals surface area contributed by atoms with Crippen molar-refractivity contribution < 1.29 is 9.53 Å². The van der Waals surface area contributed by atoms with Crippen LogP contribution < -0.4 is 0 Å². The van der Waals surface area contributed by atoms with Gasteiger partial charge in [-0.1, -0.05) is 22.0 Å². The van der Waals surface area contributed by atoms with Crippen LogP contribution in [0.1, 0.15) is 46.9 Å². The minimum absolute atomic E-state index is 0.200. The molecule has 3 aromatic rings. The van der Waals surface area contributed by atoms with Crippen molar-refractivity contribution in [2.24, 2.45) is 7.05 Å². The number of hydrogen-bond donors (Lipinski definition) is 0. The number of imidazole rings is 1. The topological polar surface area (TPSA) is 61.9 Å². The first-order valence-corrected chi connectivity index (χ1v) is 9.36. The number of nitrogens with zero attached hydrogens (tertiary/aromatic N) is 4. The lowest BCUT2D eigenvalue weighted by Crippen LogP contribution is -2.09. The third-order valence-electron chi connectivity index (χ3n) is 4.60. The van der Waals surface area contributed by atoms with Gasteiger partial charge in [-0.3, -0.25) is 0 Å². The number of carbonyl (C=O) groups excluding carboxylic acids is 1. The maximum absolute atomic E-state index is 12.5. The third kappa shape index (κ3) is 3.07. The highest BCUT2D eigenvalue weighted by Crippen LogP contribution is 2.55. The molecule has 6 nitrogen and oxygen atoms in total. The molecule has 2 aromatic heterocycles. The van der Waals surface area contributed by atoms with Gasteiger partial charge in [0.2, 0.25) is 0 Å². The number of esters is 1. The Balaban J connectivity index is 1.75. The van der Waals surface area contributed by atoms with Crippen LogP contribution in [0.25, 0.3) is 5.69 Å². The Bertz CT molecular complexity index is 962. The Hall–Kier alpha value is -2.41. The molecule has 1 saturated carbocycles. The molecule has 0 radical (unpaired) electrons. The van der Waals surface area contributed by atoms with Crippen molar-refractivity contribution in [2.75, 3.05) is 6.61 Å². The average Bonchev–Trinajstić information content (AvgIpc) is 3.07. The van der Waals surface area contributed by atoms with Crippen LogP contribution in [-0.2, 0) is 11.8 Å². The lowest BCUT2D eigenvalue weighted by molar-refractivity contribution is 0.0525. The molecule has 1 aromatic carbocycles. The Labute approximate surface area is 159 Å². The first kappa shape index (κ1) is 17.0. The van der Waals surface area contributed by atoms with E-state index in [0.717, 1.165) is 28.0 Å². The van der Waals surface area contributed by atoms with Crippen molar-refractivity contribution >= 4 is 21.9 Å². The van der Waals surface area contributed by atoms with Crippen molar-refractivity contribution in [3.05, 3.63) is 64.4 Å². The largest absolute Gasteiger partial charge is 0.462 e. The molecule has 2 atom stereocenters. The molecule has 0 amide bonds. The molecule has 0 aliphatic heterocycles. The zero-order valence-electron chi connectivity index (χ0n) is 14.6. The number of rotatable bonds is 5. The summed E-state index contributed by atoms with van der Waals surface area (Å²) in [5, 5.41) is 4.49. The summed E-state index contributed by atoms with van der Waals surface area (Å²) in [7, 11) is 1.96. The van der Waals surface area contributed by atoms with Gasteiger partial charge in [0, 0.05) is 29.6 Å². The van der Waals surface area contributed by atoms with E-state index in [0.29, 0.717) is 18.1 Å². The summed E-state index contributed by atoms with van der Waals surface area (Å²) in [4.78, 5) is 16.9. The van der Waals surface area contributed by atoms with Crippen LogP contribution in [0.3, 0.4) is 0 Å². The van der Waals surface area contributed by atoms with Gasteiger partial charge in [0.25, 0.3) is 0 Å². The Morgan fingerprint density at radius 1 is 1.38 bits per heavy atom.